The number of fused-ring (bicyclic) bond motifs is 3. The van der Waals surface area contributed by atoms with Crippen molar-refractivity contribution < 1.29 is 9.53 Å². The Morgan fingerprint density at radius 2 is 2.16 bits per heavy atom. The first-order valence-corrected chi connectivity index (χ1v) is 10.2. The molecule has 2 atom stereocenters. The maximum absolute atomic E-state index is 12.9. The van der Waals surface area contributed by atoms with Crippen LogP contribution in [0.25, 0.3) is 10.9 Å². The van der Waals surface area contributed by atoms with Crippen molar-refractivity contribution in [2.75, 3.05) is 17.7 Å². The van der Waals surface area contributed by atoms with Gasteiger partial charge in [0, 0.05) is 30.1 Å². The van der Waals surface area contributed by atoms with Crippen molar-refractivity contribution in [1.82, 2.24) is 20.0 Å². The number of rotatable bonds is 4. The van der Waals surface area contributed by atoms with Crippen molar-refractivity contribution >= 4 is 34.1 Å². The van der Waals surface area contributed by atoms with E-state index >= 15 is 0 Å². The smallest absolute Gasteiger partial charge is 0.235 e. The number of benzene rings is 2. The Balaban J connectivity index is 1.33. The summed E-state index contributed by atoms with van der Waals surface area (Å²) in [6, 6.07) is 15.6. The van der Waals surface area contributed by atoms with E-state index in [1.165, 1.54) is 0 Å². The lowest BCUT2D eigenvalue weighted by molar-refractivity contribution is -0.118. The molecule has 2 aliphatic rings. The second kappa shape index (κ2) is 6.34. The van der Waals surface area contributed by atoms with Crippen LogP contribution >= 0.6 is 0 Å². The Morgan fingerprint density at radius 3 is 2.94 bits per heavy atom. The van der Waals surface area contributed by atoms with Gasteiger partial charge in [0.25, 0.3) is 0 Å². The number of ether oxygens (including phenoxy) is 1. The number of nitriles is 1. The zero-order chi connectivity index (χ0) is 22.0. The van der Waals surface area contributed by atoms with Crippen LogP contribution in [0.2, 0.25) is 0 Å². The molecule has 32 heavy (non-hydrogen) atoms. The molecule has 1 fully saturated rings. The van der Waals surface area contributed by atoms with Gasteiger partial charge in [0.1, 0.15) is 17.6 Å². The number of aromatic nitrogens is 4. The van der Waals surface area contributed by atoms with Gasteiger partial charge < -0.3 is 15.4 Å². The van der Waals surface area contributed by atoms with E-state index in [1.54, 1.807) is 24.9 Å². The van der Waals surface area contributed by atoms with E-state index in [1.807, 2.05) is 30.3 Å². The number of hydrogen-bond acceptors (Lipinski definition) is 6. The topological polar surface area (TPSA) is 121 Å². The summed E-state index contributed by atoms with van der Waals surface area (Å²) in [7, 11) is 3.40. The van der Waals surface area contributed by atoms with Gasteiger partial charge in [-0.3, -0.25) is 14.6 Å². The highest BCUT2D eigenvalue weighted by molar-refractivity contribution is 6.10. The van der Waals surface area contributed by atoms with Crippen LogP contribution in [0.15, 0.2) is 42.5 Å². The van der Waals surface area contributed by atoms with Crippen LogP contribution in [0.4, 0.5) is 17.3 Å². The van der Waals surface area contributed by atoms with E-state index in [0.29, 0.717) is 17.3 Å². The maximum atomic E-state index is 12.9. The summed E-state index contributed by atoms with van der Waals surface area (Å²) in [4.78, 5) is 12.9. The molecule has 9 nitrogen and oxygen atoms in total. The van der Waals surface area contributed by atoms with Gasteiger partial charge in [-0.1, -0.05) is 6.07 Å². The molecule has 1 spiro atoms. The number of aromatic amines is 1. The lowest BCUT2D eigenvalue weighted by Crippen LogP contribution is -2.21. The summed E-state index contributed by atoms with van der Waals surface area (Å²) in [5, 5.41) is 27.8. The zero-order valence-electron chi connectivity index (χ0n) is 17.4. The molecular formula is C23H19N7O2. The first-order chi connectivity index (χ1) is 15.5. The van der Waals surface area contributed by atoms with Gasteiger partial charge in [-0.25, -0.2) is 0 Å². The van der Waals surface area contributed by atoms with Gasteiger partial charge in [-0.2, -0.15) is 15.5 Å². The summed E-state index contributed by atoms with van der Waals surface area (Å²) in [5.74, 6) is 2.21. The molecule has 1 amide bonds. The van der Waals surface area contributed by atoms with Crippen molar-refractivity contribution in [3.8, 4) is 11.8 Å². The number of carbonyl (C=O) groups excluding carboxylic acids is 1. The van der Waals surface area contributed by atoms with Gasteiger partial charge in [0.2, 0.25) is 5.91 Å². The van der Waals surface area contributed by atoms with Gasteiger partial charge in [-0.05, 0) is 47.9 Å². The molecule has 6 rings (SSSR count). The van der Waals surface area contributed by atoms with Gasteiger partial charge in [0.15, 0.2) is 11.5 Å². The Morgan fingerprint density at radius 1 is 1.28 bits per heavy atom. The van der Waals surface area contributed by atoms with Crippen LogP contribution in [0.1, 0.15) is 29.2 Å². The minimum atomic E-state index is -0.541. The molecule has 2 aromatic heterocycles. The van der Waals surface area contributed by atoms with Crippen molar-refractivity contribution in [2.45, 2.75) is 17.8 Å². The summed E-state index contributed by atoms with van der Waals surface area (Å²) in [6.45, 7) is 0. The second-order valence-electron chi connectivity index (χ2n) is 8.25. The summed E-state index contributed by atoms with van der Waals surface area (Å²) in [6.07, 6.45) is 0.760. The molecule has 3 N–H and O–H groups in total. The van der Waals surface area contributed by atoms with Crippen LogP contribution < -0.4 is 15.4 Å². The third-order valence-electron chi connectivity index (χ3n) is 6.55. The summed E-state index contributed by atoms with van der Waals surface area (Å²) in [5.41, 5.74) is 3.62. The molecule has 0 radical (unpaired) electrons. The minimum Gasteiger partial charge on any atom is -0.497 e. The van der Waals surface area contributed by atoms with E-state index in [2.05, 4.69) is 38.1 Å². The highest BCUT2D eigenvalue weighted by atomic mass is 16.5. The number of H-pyrrole nitrogens is 1. The number of carbonyl (C=O) groups is 1. The fourth-order valence-corrected chi connectivity index (χ4v) is 4.81. The Bertz CT molecular complexity index is 1460. The molecule has 3 heterocycles. The Labute approximate surface area is 183 Å². The molecule has 4 aromatic rings. The normalized spacial score (nSPS) is 20.8. The average Bonchev–Trinajstić information content (AvgIpc) is 3.15. The molecular weight excluding hydrogens is 406 g/mol. The minimum absolute atomic E-state index is 0.0438. The third kappa shape index (κ3) is 2.46. The molecule has 9 heteroatoms. The summed E-state index contributed by atoms with van der Waals surface area (Å²) >= 11 is 0. The highest BCUT2D eigenvalue weighted by Crippen LogP contribution is 2.65. The third-order valence-corrected chi connectivity index (χ3v) is 6.55. The fourth-order valence-electron chi connectivity index (χ4n) is 4.81. The van der Waals surface area contributed by atoms with Crippen LogP contribution in [0.3, 0.4) is 0 Å². The molecule has 0 unspecified atom stereocenters. The summed E-state index contributed by atoms with van der Waals surface area (Å²) < 4.78 is 6.98. The number of hydrogen-bond donors (Lipinski definition) is 3. The number of amides is 1. The zero-order valence-corrected chi connectivity index (χ0v) is 17.4. The Hall–Kier alpha value is -4.32. The number of aryl methyl sites for hydroxylation is 1. The van der Waals surface area contributed by atoms with E-state index < -0.39 is 5.41 Å². The standard InChI is InChI=1S/C23H19N7O2/c1-30-20(8-13(11-24)29-30)26-21-15-5-3-12(7-19(15)27-28-21)17-10-23(17)16-9-14(32-2)4-6-18(16)25-22(23)31/h3-9,17H,10H2,1-2H3,(H,25,31)(H2,26,27,28)/t17-,23-/m0/s1. The van der Waals surface area contributed by atoms with E-state index in [-0.39, 0.29) is 11.8 Å². The lowest BCUT2D eigenvalue weighted by Gasteiger charge is -2.10. The van der Waals surface area contributed by atoms with Crippen molar-refractivity contribution in [2.24, 2.45) is 7.05 Å². The monoisotopic (exact) mass is 425 g/mol. The predicted octanol–water partition coefficient (Wildman–Crippen LogP) is 3.30. The van der Waals surface area contributed by atoms with Crippen molar-refractivity contribution in [3.63, 3.8) is 0 Å². The predicted molar refractivity (Wildman–Crippen MR) is 118 cm³/mol. The van der Waals surface area contributed by atoms with Gasteiger partial charge >= 0.3 is 0 Å². The van der Waals surface area contributed by atoms with Gasteiger partial charge in [-0.15, -0.1) is 0 Å². The SMILES string of the molecule is COc1ccc2c(c1)[C@]1(C[C@H]1c1ccc3c(Nc4cc(C#N)nn4C)n[nH]c3c1)C(=O)N2. The van der Waals surface area contributed by atoms with Crippen molar-refractivity contribution in [1.29, 1.82) is 5.26 Å². The van der Waals surface area contributed by atoms with Crippen LogP contribution in [0.5, 0.6) is 5.75 Å². The van der Waals surface area contributed by atoms with E-state index in [9.17, 15) is 4.79 Å². The number of anilines is 3. The quantitative estimate of drug-likeness (QED) is 0.461. The molecule has 1 aliphatic heterocycles. The lowest BCUT2D eigenvalue weighted by atomic mass is 9.91. The first kappa shape index (κ1) is 18.4. The van der Waals surface area contributed by atoms with E-state index in [0.717, 1.165) is 39.9 Å². The molecule has 0 bridgehead atoms. The number of nitrogens with zero attached hydrogens (tertiary/aromatic N) is 4. The second-order valence-corrected chi connectivity index (χ2v) is 8.25. The largest absolute Gasteiger partial charge is 0.497 e. The van der Waals surface area contributed by atoms with E-state index in [4.69, 9.17) is 10.00 Å². The van der Waals surface area contributed by atoms with Crippen LogP contribution in [-0.4, -0.2) is 33.0 Å². The van der Waals surface area contributed by atoms with Crippen LogP contribution in [-0.2, 0) is 17.3 Å². The maximum Gasteiger partial charge on any atom is 0.235 e. The molecule has 1 aliphatic carbocycles. The number of methoxy groups -OCH3 is 1. The molecule has 2 aromatic carbocycles. The fraction of sp³-hybridized carbons (Fsp3) is 0.217. The van der Waals surface area contributed by atoms with Gasteiger partial charge in [0.05, 0.1) is 18.0 Å². The molecule has 158 valence electrons. The first-order valence-electron chi connectivity index (χ1n) is 10.2. The van der Waals surface area contributed by atoms with Crippen LogP contribution in [0, 0.1) is 11.3 Å². The van der Waals surface area contributed by atoms with Crippen molar-refractivity contribution in [3.05, 3.63) is 59.3 Å². The Kier molecular flexibility index (Phi) is 3.66. The highest BCUT2D eigenvalue weighted by Gasteiger charge is 2.65. The average molecular weight is 425 g/mol. The molecule has 0 saturated heterocycles. The molecule has 1 saturated carbocycles. The number of nitrogens with one attached hydrogen (secondary N) is 3.